The number of amides is 1. The van der Waals surface area contributed by atoms with Gasteiger partial charge in [0.1, 0.15) is 6.04 Å². The van der Waals surface area contributed by atoms with Gasteiger partial charge in [-0.05, 0) is 31.6 Å². The fourth-order valence-electron chi connectivity index (χ4n) is 3.48. The van der Waals surface area contributed by atoms with Crippen molar-refractivity contribution in [2.75, 3.05) is 5.75 Å². The first kappa shape index (κ1) is 14.2. The molecule has 2 aliphatic carbocycles. The molecule has 2 saturated carbocycles. The number of aliphatic carboxylic acids is 1. The molecule has 0 spiro atoms. The van der Waals surface area contributed by atoms with Crippen LogP contribution in [-0.2, 0) is 9.59 Å². The Morgan fingerprint density at radius 3 is 2.20 bits per heavy atom. The van der Waals surface area contributed by atoms with Gasteiger partial charge in [0.2, 0.25) is 5.91 Å². The van der Waals surface area contributed by atoms with E-state index in [1.807, 2.05) is 0 Å². The summed E-state index contributed by atoms with van der Waals surface area (Å²) in [4.78, 5) is 26.1. The first-order valence-electron chi connectivity index (χ1n) is 7.85. The van der Waals surface area contributed by atoms with Gasteiger partial charge < -0.3 is 10.0 Å². The summed E-state index contributed by atoms with van der Waals surface area (Å²) >= 11 is 1.68. The standard InChI is InChI=1S/C15H23NO3S/c17-13(10-5-3-1-2-4-6-10)16-12(15(18)19)9-20-14(16)11-7-8-11/h10-12,14H,1-9H2,(H,18,19). The molecule has 2 atom stereocenters. The van der Waals surface area contributed by atoms with Crippen molar-refractivity contribution < 1.29 is 14.7 Å². The maximum atomic E-state index is 12.9. The van der Waals surface area contributed by atoms with Crippen molar-refractivity contribution in [3.05, 3.63) is 0 Å². The van der Waals surface area contributed by atoms with Gasteiger partial charge in [-0.25, -0.2) is 4.79 Å². The summed E-state index contributed by atoms with van der Waals surface area (Å²) in [5, 5.41) is 9.53. The zero-order valence-corrected chi connectivity index (χ0v) is 12.6. The lowest BCUT2D eigenvalue weighted by molar-refractivity contribution is -0.151. The van der Waals surface area contributed by atoms with Crippen molar-refractivity contribution in [3.63, 3.8) is 0 Å². The van der Waals surface area contributed by atoms with E-state index in [9.17, 15) is 14.7 Å². The van der Waals surface area contributed by atoms with E-state index < -0.39 is 12.0 Å². The van der Waals surface area contributed by atoms with Crippen molar-refractivity contribution in [2.24, 2.45) is 11.8 Å². The minimum absolute atomic E-state index is 0.0688. The van der Waals surface area contributed by atoms with Crippen LogP contribution in [0.2, 0.25) is 0 Å². The molecule has 1 N–H and O–H groups in total. The van der Waals surface area contributed by atoms with Gasteiger partial charge in [-0.3, -0.25) is 4.79 Å². The van der Waals surface area contributed by atoms with Crippen molar-refractivity contribution in [1.29, 1.82) is 0 Å². The number of carboxylic acid groups (broad SMARTS) is 1. The summed E-state index contributed by atoms with van der Waals surface area (Å²) in [5.74, 6) is 0.469. The highest BCUT2D eigenvalue weighted by molar-refractivity contribution is 8.00. The maximum absolute atomic E-state index is 12.9. The van der Waals surface area contributed by atoms with E-state index in [0.717, 1.165) is 38.5 Å². The predicted molar refractivity (Wildman–Crippen MR) is 78.4 cm³/mol. The molecule has 4 nitrogen and oxygen atoms in total. The molecule has 0 aromatic heterocycles. The molecule has 0 aromatic carbocycles. The van der Waals surface area contributed by atoms with Gasteiger partial charge in [0.05, 0.1) is 5.37 Å². The fraction of sp³-hybridized carbons (Fsp3) is 0.867. The second-order valence-electron chi connectivity index (χ2n) is 6.35. The Hall–Kier alpha value is -0.710. The van der Waals surface area contributed by atoms with Crippen LogP contribution in [0, 0.1) is 11.8 Å². The largest absolute Gasteiger partial charge is 0.480 e. The molecule has 1 amide bonds. The van der Waals surface area contributed by atoms with E-state index in [-0.39, 0.29) is 17.2 Å². The van der Waals surface area contributed by atoms with Gasteiger partial charge in [-0.2, -0.15) is 0 Å². The first-order chi connectivity index (χ1) is 9.68. The third kappa shape index (κ3) is 2.83. The quantitative estimate of drug-likeness (QED) is 0.814. The van der Waals surface area contributed by atoms with Crippen LogP contribution < -0.4 is 0 Å². The third-order valence-corrected chi connectivity index (χ3v) is 6.27. The Morgan fingerprint density at radius 1 is 1.00 bits per heavy atom. The van der Waals surface area contributed by atoms with Crippen molar-refractivity contribution in [2.45, 2.75) is 62.8 Å². The van der Waals surface area contributed by atoms with Crippen LogP contribution >= 0.6 is 11.8 Å². The molecule has 1 heterocycles. The van der Waals surface area contributed by atoms with E-state index in [2.05, 4.69) is 0 Å². The topological polar surface area (TPSA) is 57.6 Å². The molecule has 112 valence electrons. The average molecular weight is 297 g/mol. The van der Waals surface area contributed by atoms with Crippen molar-refractivity contribution >= 4 is 23.6 Å². The van der Waals surface area contributed by atoms with Crippen LogP contribution in [0.1, 0.15) is 51.4 Å². The normalized spacial score (nSPS) is 32.1. The van der Waals surface area contributed by atoms with Gasteiger partial charge in [0, 0.05) is 11.7 Å². The highest BCUT2D eigenvalue weighted by Gasteiger charge is 2.49. The number of nitrogens with zero attached hydrogens (tertiary/aromatic N) is 1. The summed E-state index contributed by atoms with van der Waals surface area (Å²) in [6, 6.07) is -0.596. The first-order valence-corrected chi connectivity index (χ1v) is 8.90. The molecule has 3 fully saturated rings. The summed E-state index contributed by atoms with van der Waals surface area (Å²) in [5.41, 5.74) is 0. The maximum Gasteiger partial charge on any atom is 0.327 e. The number of carboxylic acids is 1. The van der Waals surface area contributed by atoms with Gasteiger partial charge >= 0.3 is 5.97 Å². The van der Waals surface area contributed by atoms with E-state index in [1.165, 1.54) is 12.8 Å². The molecule has 5 heteroatoms. The van der Waals surface area contributed by atoms with Gasteiger partial charge in [-0.1, -0.05) is 25.7 Å². The van der Waals surface area contributed by atoms with Crippen LogP contribution in [0.15, 0.2) is 0 Å². The summed E-state index contributed by atoms with van der Waals surface area (Å²) < 4.78 is 0. The van der Waals surface area contributed by atoms with Crippen LogP contribution in [0.3, 0.4) is 0 Å². The Kier molecular flexibility index (Phi) is 4.24. The molecular weight excluding hydrogens is 274 g/mol. The van der Waals surface area contributed by atoms with Gasteiger partial charge in [-0.15, -0.1) is 11.8 Å². The second kappa shape index (κ2) is 5.96. The average Bonchev–Trinajstić information content (AvgIpc) is 3.21. The Morgan fingerprint density at radius 2 is 1.65 bits per heavy atom. The molecular formula is C15H23NO3S. The van der Waals surface area contributed by atoms with Crippen LogP contribution in [0.5, 0.6) is 0 Å². The van der Waals surface area contributed by atoms with E-state index in [1.54, 1.807) is 16.7 Å². The molecule has 3 aliphatic rings. The molecule has 0 aromatic rings. The number of rotatable bonds is 3. The zero-order valence-electron chi connectivity index (χ0n) is 11.8. The van der Waals surface area contributed by atoms with Crippen LogP contribution in [0.25, 0.3) is 0 Å². The van der Waals surface area contributed by atoms with E-state index in [4.69, 9.17) is 0 Å². The Bertz CT molecular complexity index is 389. The lowest BCUT2D eigenvalue weighted by atomic mass is 9.97. The minimum atomic E-state index is -0.831. The lowest BCUT2D eigenvalue weighted by Gasteiger charge is -2.30. The molecule has 3 rings (SSSR count). The van der Waals surface area contributed by atoms with Crippen molar-refractivity contribution in [3.8, 4) is 0 Å². The summed E-state index contributed by atoms with van der Waals surface area (Å²) in [6.07, 6.45) is 8.86. The SMILES string of the molecule is O=C(O)C1CSC(C2CC2)N1C(=O)C1CCCCCC1. The van der Waals surface area contributed by atoms with Crippen LogP contribution in [-0.4, -0.2) is 39.1 Å². The molecule has 0 bridgehead atoms. The molecule has 20 heavy (non-hydrogen) atoms. The van der Waals surface area contributed by atoms with Crippen LogP contribution in [0.4, 0.5) is 0 Å². The number of hydrogen-bond acceptors (Lipinski definition) is 3. The van der Waals surface area contributed by atoms with Gasteiger partial charge in [0.25, 0.3) is 0 Å². The fourth-order valence-corrected chi connectivity index (χ4v) is 5.12. The monoisotopic (exact) mass is 297 g/mol. The molecule has 2 unspecified atom stereocenters. The minimum Gasteiger partial charge on any atom is -0.480 e. The number of carbonyl (C=O) groups excluding carboxylic acids is 1. The highest BCUT2D eigenvalue weighted by atomic mass is 32.2. The van der Waals surface area contributed by atoms with Gasteiger partial charge in [0.15, 0.2) is 0 Å². The number of hydrogen-bond donors (Lipinski definition) is 1. The Labute approximate surface area is 124 Å². The molecule has 1 aliphatic heterocycles. The van der Waals surface area contributed by atoms with E-state index >= 15 is 0 Å². The molecule has 0 radical (unpaired) electrons. The number of thioether (sulfide) groups is 1. The third-order valence-electron chi connectivity index (χ3n) is 4.80. The van der Waals surface area contributed by atoms with Crippen molar-refractivity contribution in [1.82, 2.24) is 4.90 Å². The number of carbonyl (C=O) groups is 2. The van der Waals surface area contributed by atoms with E-state index in [0.29, 0.717) is 11.7 Å². The predicted octanol–water partition coefficient (Wildman–Crippen LogP) is 2.72. The second-order valence-corrected chi connectivity index (χ2v) is 7.50. The summed E-state index contributed by atoms with van der Waals surface area (Å²) in [7, 11) is 0. The zero-order chi connectivity index (χ0) is 14.1. The molecule has 1 saturated heterocycles. The lowest BCUT2D eigenvalue weighted by Crippen LogP contribution is -2.48. The Balaban J connectivity index is 1.75. The highest BCUT2D eigenvalue weighted by Crippen LogP contribution is 2.46. The summed E-state index contributed by atoms with van der Waals surface area (Å²) in [6.45, 7) is 0. The smallest absolute Gasteiger partial charge is 0.327 e.